The number of hydrogen-bond donors (Lipinski definition) is 2. The zero-order chi connectivity index (χ0) is 13.8. The molecule has 2 unspecified atom stereocenters. The van der Waals surface area contributed by atoms with Gasteiger partial charge in [0.2, 0.25) is 0 Å². The summed E-state index contributed by atoms with van der Waals surface area (Å²) in [4.78, 5) is 12.1. The van der Waals surface area contributed by atoms with Gasteiger partial charge in [-0.3, -0.25) is 4.79 Å². The highest BCUT2D eigenvalue weighted by atomic mass is 19.3. The lowest BCUT2D eigenvalue weighted by Crippen LogP contribution is -2.49. The summed E-state index contributed by atoms with van der Waals surface area (Å²) in [6, 6.07) is 3.04. The molecule has 6 heteroatoms. The van der Waals surface area contributed by atoms with Gasteiger partial charge in [0.15, 0.2) is 0 Å². The number of nitrogens with zero attached hydrogens (tertiary/aromatic N) is 1. The number of aromatic nitrogens is 1. The van der Waals surface area contributed by atoms with Crippen LogP contribution in [0, 0.1) is 0 Å². The number of carbonyl (C=O) groups excluding carboxylic acids is 1. The quantitative estimate of drug-likeness (QED) is 0.876. The van der Waals surface area contributed by atoms with Gasteiger partial charge in [-0.15, -0.1) is 0 Å². The van der Waals surface area contributed by atoms with Crippen LogP contribution in [0.5, 0.6) is 0 Å². The highest BCUT2D eigenvalue weighted by molar-refractivity contribution is 5.93. The molecule has 1 saturated carbocycles. The van der Waals surface area contributed by atoms with Gasteiger partial charge in [0, 0.05) is 18.3 Å². The van der Waals surface area contributed by atoms with Gasteiger partial charge in [-0.2, -0.15) is 0 Å². The number of amides is 1. The van der Waals surface area contributed by atoms with E-state index in [0.717, 1.165) is 25.7 Å². The molecule has 1 aromatic heterocycles. The van der Waals surface area contributed by atoms with Crippen LogP contribution in [0.1, 0.15) is 36.2 Å². The third-order valence-corrected chi connectivity index (χ3v) is 3.53. The van der Waals surface area contributed by atoms with Crippen LogP contribution in [-0.2, 0) is 6.54 Å². The minimum atomic E-state index is -2.48. The zero-order valence-electron chi connectivity index (χ0n) is 10.7. The van der Waals surface area contributed by atoms with Crippen LogP contribution >= 0.6 is 0 Å². The minimum absolute atomic E-state index is 0.0452. The maximum Gasteiger partial charge on any atom is 0.268 e. The van der Waals surface area contributed by atoms with Crippen LogP contribution in [0.4, 0.5) is 8.78 Å². The lowest BCUT2D eigenvalue weighted by Gasteiger charge is -2.29. The third-order valence-electron chi connectivity index (χ3n) is 3.53. The van der Waals surface area contributed by atoms with Gasteiger partial charge in [-0.25, -0.2) is 8.78 Å². The fourth-order valence-electron chi connectivity index (χ4n) is 2.51. The number of hydrogen-bond acceptors (Lipinski definition) is 2. The van der Waals surface area contributed by atoms with Gasteiger partial charge in [0.1, 0.15) is 5.69 Å². The van der Waals surface area contributed by atoms with Crippen molar-refractivity contribution in [3.63, 3.8) is 0 Å². The van der Waals surface area contributed by atoms with Crippen molar-refractivity contribution < 1.29 is 13.6 Å². The van der Waals surface area contributed by atoms with Gasteiger partial charge in [-0.05, 0) is 25.0 Å². The second-order valence-electron chi connectivity index (χ2n) is 4.97. The standard InChI is InChI=1S/C13H19F2N3O/c14-12(15)8-18-7-3-6-11(18)13(19)17-10-5-2-1-4-9(10)16/h3,6-7,9-10,12H,1-2,4-5,8,16H2,(H,17,19). The van der Waals surface area contributed by atoms with Crippen molar-refractivity contribution in [1.29, 1.82) is 0 Å². The Labute approximate surface area is 111 Å². The van der Waals surface area contributed by atoms with E-state index in [1.54, 1.807) is 12.1 Å². The van der Waals surface area contributed by atoms with E-state index < -0.39 is 13.0 Å². The largest absolute Gasteiger partial charge is 0.346 e. The average molecular weight is 271 g/mol. The summed E-state index contributed by atoms with van der Waals surface area (Å²) in [6.07, 6.45) is 2.87. The molecule has 0 spiro atoms. The molecule has 2 rings (SSSR count). The molecule has 4 nitrogen and oxygen atoms in total. The van der Waals surface area contributed by atoms with Crippen molar-refractivity contribution in [3.05, 3.63) is 24.0 Å². The van der Waals surface area contributed by atoms with Gasteiger partial charge < -0.3 is 15.6 Å². The molecule has 1 amide bonds. The van der Waals surface area contributed by atoms with E-state index in [1.807, 2.05) is 0 Å². The number of nitrogens with one attached hydrogen (secondary N) is 1. The molecule has 0 aliphatic heterocycles. The normalized spacial score (nSPS) is 23.6. The SMILES string of the molecule is NC1CCCCC1NC(=O)c1cccn1CC(F)F. The second-order valence-corrected chi connectivity index (χ2v) is 4.97. The monoisotopic (exact) mass is 271 g/mol. The summed E-state index contributed by atoms with van der Waals surface area (Å²) in [6.45, 7) is -0.466. The molecule has 1 aliphatic rings. The van der Waals surface area contributed by atoms with E-state index in [-0.39, 0.29) is 23.7 Å². The Bertz CT molecular complexity index is 433. The first-order chi connectivity index (χ1) is 9.08. The minimum Gasteiger partial charge on any atom is -0.346 e. The molecule has 2 atom stereocenters. The fraction of sp³-hybridized carbons (Fsp3) is 0.615. The number of carbonyl (C=O) groups is 1. The summed E-state index contributed by atoms with van der Waals surface area (Å²) in [5.41, 5.74) is 6.22. The van der Waals surface area contributed by atoms with Crippen molar-refractivity contribution in [2.24, 2.45) is 5.73 Å². The highest BCUT2D eigenvalue weighted by Gasteiger charge is 2.24. The Morgan fingerprint density at radius 3 is 2.89 bits per heavy atom. The summed E-state index contributed by atoms with van der Waals surface area (Å²) in [7, 11) is 0. The number of rotatable bonds is 4. The Morgan fingerprint density at radius 2 is 2.21 bits per heavy atom. The lowest BCUT2D eigenvalue weighted by molar-refractivity contribution is 0.0899. The number of halogens is 2. The lowest BCUT2D eigenvalue weighted by atomic mass is 9.91. The van der Waals surface area contributed by atoms with Crippen molar-refractivity contribution in [1.82, 2.24) is 9.88 Å². The van der Waals surface area contributed by atoms with Crippen LogP contribution in [0.15, 0.2) is 18.3 Å². The summed E-state index contributed by atoms with van der Waals surface area (Å²) in [5, 5.41) is 2.86. The first kappa shape index (κ1) is 14.0. The van der Waals surface area contributed by atoms with Crippen molar-refractivity contribution in [2.75, 3.05) is 0 Å². The third kappa shape index (κ3) is 3.53. The molecule has 0 saturated heterocycles. The molecule has 1 aromatic rings. The summed E-state index contributed by atoms with van der Waals surface area (Å²) < 4.78 is 26.1. The average Bonchev–Trinajstić information content (AvgIpc) is 2.79. The molecule has 0 bridgehead atoms. The Hall–Kier alpha value is -1.43. The van der Waals surface area contributed by atoms with Crippen LogP contribution in [0.3, 0.4) is 0 Å². The number of alkyl halides is 2. The van der Waals surface area contributed by atoms with Crippen LogP contribution in [-0.4, -0.2) is 29.0 Å². The van der Waals surface area contributed by atoms with Crippen LogP contribution in [0.2, 0.25) is 0 Å². The Balaban J connectivity index is 2.01. The summed E-state index contributed by atoms with van der Waals surface area (Å²) >= 11 is 0. The smallest absolute Gasteiger partial charge is 0.268 e. The molecule has 1 aliphatic carbocycles. The van der Waals surface area contributed by atoms with E-state index in [1.165, 1.54) is 10.8 Å². The van der Waals surface area contributed by atoms with Gasteiger partial charge in [0.25, 0.3) is 12.3 Å². The van der Waals surface area contributed by atoms with Crippen molar-refractivity contribution in [3.8, 4) is 0 Å². The van der Waals surface area contributed by atoms with Gasteiger partial charge >= 0.3 is 0 Å². The molecule has 1 fully saturated rings. The second kappa shape index (κ2) is 6.14. The topological polar surface area (TPSA) is 60.0 Å². The maximum absolute atomic E-state index is 12.4. The predicted molar refractivity (Wildman–Crippen MR) is 68.1 cm³/mol. The molecular formula is C13H19F2N3O. The van der Waals surface area contributed by atoms with Crippen molar-refractivity contribution >= 4 is 5.91 Å². The molecule has 19 heavy (non-hydrogen) atoms. The fourth-order valence-corrected chi connectivity index (χ4v) is 2.51. The van der Waals surface area contributed by atoms with E-state index in [9.17, 15) is 13.6 Å². The molecule has 106 valence electrons. The van der Waals surface area contributed by atoms with E-state index >= 15 is 0 Å². The summed E-state index contributed by atoms with van der Waals surface area (Å²) in [5.74, 6) is -0.326. The van der Waals surface area contributed by atoms with Crippen molar-refractivity contribution in [2.45, 2.75) is 50.7 Å². The molecule has 0 radical (unpaired) electrons. The number of nitrogens with two attached hydrogens (primary N) is 1. The van der Waals surface area contributed by atoms with E-state index in [2.05, 4.69) is 5.32 Å². The predicted octanol–water partition coefficient (Wildman–Crippen LogP) is 1.75. The van der Waals surface area contributed by atoms with E-state index in [4.69, 9.17) is 5.73 Å². The van der Waals surface area contributed by atoms with Gasteiger partial charge in [-0.1, -0.05) is 12.8 Å². The molecule has 3 N–H and O–H groups in total. The Morgan fingerprint density at radius 1 is 1.47 bits per heavy atom. The Kier molecular flexibility index (Phi) is 4.52. The highest BCUT2D eigenvalue weighted by Crippen LogP contribution is 2.17. The maximum atomic E-state index is 12.4. The first-order valence-electron chi connectivity index (χ1n) is 6.57. The van der Waals surface area contributed by atoms with Crippen LogP contribution in [0.25, 0.3) is 0 Å². The van der Waals surface area contributed by atoms with E-state index in [0.29, 0.717) is 0 Å². The first-order valence-corrected chi connectivity index (χ1v) is 6.57. The van der Waals surface area contributed by atoms with Crippen LogP contribution < -0.4 is 11.1 Å². The van der Waals surface area contributed by atoms with Gasteiger partial charge in [0.05, 0.1) is 6.54 Å². The molecular weight excluding hydrogens is 252 g/mol. The molecule has 0 aromatic carbocycles. The zero-order valence-corrected chi connectivity index (χ0v) is 10.7. The molecule has 1 heterocycles.